The standard InChI is InChI=1S/C46H44N4O10S/c1-22-14-26-15-28-29(18-47)50-30-19-57-45(54)46(27-17-32(55-3)31(51)16-25(27)12-13-48-46)20-61-44(38(50)37(49-28)34(26)39(53)40(22)56-4)36-35(30)43-42(58-21-59-43)23(2)41(36)60-33(52)11-10-24-8-6-5-7-9-24/h5-11,14,16-17,28-30,37-38,44,48-49,51,53H,12-13,15,19-21H2,1-4H3/b11-10+/t28-,29+,30-,37-,38?,44-,46-/m1/s1. The molecule has 0 amide bonds. The van der Waals surface area contributed by atoms with Crippen LogP contribution in [0.1, 0.15) is 67.4 Å². The van der Waals surface area contributed by atoms with Crippen LogP contribution in [0, 0.1) is 25.2 Å². The summed E-state index contributed by atoms with van der Waals surface area (Å²) in [7, 11) is 2.99. The maximum atomic E-state index is 14.9. The number of phenolic OH excluding ortho intramolecular Hbond substituents is 2. The Hall–Kier alpha value is -5.92. The van der Waals surface area contributed by atoms with E-state index >= 15 is 0 Å². The third-order valence-electron chi connectivity index (χ3n) is 13.1. The summed E-state index contributed by atoms with van der Waals surface area (Å²) >= 11 is 1.46. The van der Waals surface area contributed by atoms with Gasteiger partial charge in [-0.1, -0.05) is 36.4 Å². The number of hydrogen-bond donors (Lipinski definition) is 4. The molecular formula is C46H44N4O10S. The molecule has 7 aliphatic heterocycles. The highest BCUT2D eigenvalue weighted by atomic mass is 32.2. The molecule has 4 aromatic carbocycles. The van der Waals surface area contributed by atoms with Crippen LogP contribution in [0.2, 0.25) is 0 Å². The number of esters is 2. The zero-order valence-corrected chi connectivity index (χ0v) is 34.8. The van der Waals surface area contributed by atoms with Gasteiger partial charge in [0.05, 0.1) is 37.6 Å². The lowest BCUT2D eigenvalue weighted by Gasteiger charge is -2.59. The topological polar surface area (TPSA) is 181 Å². The van der Waals surface area contributed by atoms with Gasteiger partial charge in [0.15, 0.2) is 40.0 Å². The molecule has 61 heavy (non-hydrogen) atoms. The third kappa shape index (κ3) is 5.94. The Morgan fingerprint density at radius 3 is 2.59 bits per heavy atom. The fraction of sp³-hybridized carbons (Fsp3) is 0.370. The minimum Gasteiger partial charge on any atom is -0.504 e. The molecule has 2 fully saturated rings. The van der Waals surface area contributed by atoms with Crippen molar-refractivity contribution in [1.29, 1.82) is 5.26 Å². The first-order valence-corrected chi connectivity index (χ1v) is 21.3. The van der Waals surface area contributed by atoms with Crippen LogP contribution in [-0.4, -0.2) is 85.1 Å². The van der Waals surface area contributed by atoms with Crippen LogP contribution in [0.25, 0.3) is 6.08 Å². The zero-order chi connectivity index (χ0) is 42.3. The lowest BCUT2D eigenvalue weighted by Crippen LogP contribution is -2.69. The number of nitrogens with one attached hydrogen (secondary N) is 2. The summed E-state index contributed by atoms with van der Waals surface area (Å²) in [5, 5.41) is 40.7. The predicted molar refractivity (Wildman–Crippen MR) is 223 cm³/mol. The van der Waals surface area contributed by atoms with E-state index in [0.717, 1.165) is 22.3 Å². The molecule has 11 rings (SSSR count). The van der Waals surface area contributed by atoms with Crippen molar-refractivity contribution in [2.24, 2.45) is 0 Å². The monoisotopic (exact) mass is 844 g/mol. The van der Waals surface area contributed by atoms with Gasteiger partial charge in [-0.05, 0) is 72.7 Å². The van der Waals surface area contributed by atoms with Crippen LogP contribution in [0.5, 0.6) is 40.2 Å². The first-order chi connectivity index (χ1) is 29.6. The largest absolute Gasteiger partial charge is 0.504 e. The van der Waals surface area contributed by atoms with Crippen molar-refractivity contribution in [3.8, 4) is 46.3 Å². The Labute approximate surface area is 356 Å². The number of aromatic hydroxyl groups is 2. The van der Waals surface area contributed by atoms with Crippen molar-refractivity contribution in [2.75, 3.05) is 39.9 Å². The molecule has 0 aliphatic carbocycles. The average Bonchev–Trinajstić information content (AvgIpc) is 3.76. The number of methoxy groups -OCH3 is 2. The van der Waals surface area contributed by atoms with Gasteiger partial charge < -0.3 is 44.0 Å². The number of benzene rings is 4. The molecule has 7 aliphatic rings. The van der Waals surface area contributed by atoms with Gasteiger partial charge in [-0.3, -0.25) is 10.2 Å². The summed E-state index contributed by atoms with van der Waals surface area (Å²) in [6, 6.07) is 14.3. The van der Waals surface area contributed by atoms with E-state index in [0.29, 0.717) is 64.5 Å². The Balaban J connectivity index is 1.21. The Kier molecular flexibility index (Phi) is 9.59. The second-order valence-corrected chi connectivity index (χ2v) is 17.4. The molecule has 4 N–H and O–H groups in total. The van der Waals surface area contributed by atoms with E-state index in [4.69, 9.17) is 28.4 Å². The number of phenols is 2. The molecular weight excluding hydrogens is 801 g/mol. The van der Waals surface area contributed by atoms with Crippen LogP contribution < -0.4 is 34.3 Å². The van der Waals surface area contributed by atoms with Gasteiger partial charge in [0.2, 0.25) is 6.79 Å². The number of hydrogen-bond acceptors (Lipinski definition) is 15. The molecule has 0 saturated carbocycles. The van der Waals surface area contributed by atoms with E-state index in [2.05, 4.69) is 21.6 Å². The predicted octanol–water partition coefficient (Wildman–Crippen LogP) is 5.34. The molecule has 7 atom stereocenters. The number of ether oxygens (including phenoxy) is 6. The number of rotatable bonds is 5. The van der Waals surface area contributed by atoms with Gasteiger partial charge in [-0.25, -0.2) is 9.59 Å². The van der Waals surface area contributed by atoms with Crippen LogP contribution in [0.4, 0.5) is 0 Å². The van der Waals surface area contributed by atoms with E-state index in [9.17, 15) is 25.1 Å². The SMILES string of the molecule is COc1cc2c(cc1O)CCN[C@]21CS[C@@H]2c3c(OC(=O)/C=C/c4ccccc4)c(C)c4c(c3[C@@H](COC1=O)N1C2[C@@H]2N[C@H](Cc3cc(C)c(OC)c(O)c32)[C@@H]1C#N)OCO4. The smallest absolute Gasteiger partial charge is 0.336 e. The number of nitrogens with zero attached hydrogens (tertiary/aromatic N) is 2. The van der Waals surface area contributed by atoms with Crippen LogP contribution in [-0.2, 0) is 32.7 Å². The molecule has 0 radical (unpaired) electrons. The number of piperazine rings is 1. The van der Waals surface area contributed by atoms with Gasteiger partial charge in [-0.2, -0.15) is 5.26 Å². The summed E-state index contributed by atoms with van der Waals surface area (Å²) in [4.78, 5) is 31.0. The summed E-state index contributed by atoms with van der Waals surface area (Å²) in [6.07, 6.45) is 4.07. The van der Waals surface area contributed by atoms with Crippen molar-refractivity contribution in [3.63, 3.8) is 0 Å². The minimum atomic E-state index is -1.39. The molecule has 0 aromatic heterocycles. The zero-order valence-electron chi connectivity index (χ0n) is 33.9. The highest BCUT2D eigenvalue weighted by Gasteiger charge is 2.60. The van der Waals surface area contributed by atoms with E-state index in [1.807, 2.05) is 50.2 Å². The highest BCUT2D eigenvalue weighted by Crippen LogP contribution is 2.63. The number of aryl methyl sites for hydroxylation is 1. The summed E-state index contributed by atoms with van der Waals surface area (Å²) in [5.74, 6) is 0.663. The van der Waals surface area contributed by atoms with Crippen molar-refractivity contribution in [3.05, 3.63) is 105 Å². The van der Waals surface area contributed by atoms with Gasteiger partial charge in [-0.15, -0.1) is 11.8 Å². The number of fused-ring (bicyclic) bond motifs is 9. The van der Waals surface area contributed by atoms with Crippen molar-refractivity contribution >= 4 is 29.8 Å². The second-order valence-electron chi connectivity index (χ2n) is 16.2. The normalized spacial score (nSPS) is 27.0. The fourth-order valence-electron chi connectivity index (χ4n) is 10.5. The van der Waals surface area contributed by atoms with Gasteiger partial charge >= 0.3 is 11.9 Å². The van der Waals surface area contributed by atoms with Crippen LogP contribution >= 0.6 is 11.8 Å². The quantitative estimate of drug-likeness (QED) is 0.115. The maximum Gasteiger partial charge on any atom is 0.336 e. The lowest BCUT2D eigenvalue weighted by atomic mass is 9.72. The van der Waals surface area contributed by atoms with E-state index in [1.54, 1.807) is 18.2 Å². The van der Waals surface area contributed by atoms with Gasteiger partial charge in [0.1, 0.15) is 18.4 Å². The van der Waals surface area contributed by atoms with Crippen molar-refractivity contribution < 1.29 is 48.2 Å². The summed E-state index contributed by atoms with van der Waals surface area (Å²) < 4.78 is 36.6. The number of carbonyl (C=O) groups is 2. The molecule has 4 bridgehead atoms. The van der Waals surface area contributed by atoms with Gasteiger partial charge in [0, 0.05) is 52.7 Å². The first kappa shape index (κ1) is 39.2. The van der Waals surface area contributed by atoms with Crippen LogP contribution in [0.3, 0.4) is 0 Å². The Morgan fingerprint density at radius 2 is 1.82 bits per heavy atom. The van der Waals surface area contributed by atoms with Crippen molar-refractivity contribution in [1.82, 2.24) is 15.5 Å². The number of thioether (sulfide) groups is 1. The summed E-state index contributed by atoms with van der Waals surface area (Å²) in [6.45, 7) is 3.84. The number of carbonyl (C=O) groups excluding carboxylic acids is 2. The Bertz CT molecular complexity index is 2580. The average molecular weight is 845 g/mol. The molecule has 14 nitrogen and oxygen atoms in total. The maximum absolute atomic E-state index is 14.9. The van der Waals surface area contributed by atoms with Crippen LogP contribution in [0.15, 0.2) is 54.6 Å². The molecule has 314 valence electrons. The highest BCUT2D eigenvalue weighted by molar-refractivity contribution is 7.99. The second kappa shape index (κ2) is 14.9. The third-order valence-corrected chi connectivity index (χ3v) is 14.6. The summed E-state index contributed by atoms with van der Waals surface area (Å²) in [5.41, 5.74) is 4.97. The molecule has 4 aromatic rings. The lowest BCUT2D eigenvalue weighted by molar-refractivity contribution is -0.155. The molecule has 7 heterocycles. The van der Waals surface area contributed by atoms with E-state index in [-0.39, 0.29) is 48.2 Å². The number of nitriles is 1. The minimum absolute atomic E-state index is 0.0132. The molecule has 1 spiro atoms. The van der Waals surface area contributed by atoms with E-state index in [1.165, 1.54) is 32.1 Å². The molecule has 2 saturated heterocycles. The molecule has 15 heteroatoms. The van der Waals surface area contributed by atoms with Gasteiger partial charge in [0.25, 0.3) is 0 Å². The first-order valence-electron chi connectivity index (χ1n) is 20.3. The van der Waals surface area contributed by atoms with E-state index < -0.39 is 46.9 Å². The van der Waals surface area contributed by atoms with Crippen molar-refractivity contribution in [2.45, 2.75) is 67.7 Å². The fourth-order valence-corrected chi connectivity index (χ4v) is 12.2. The molecule has 1 unspecified atom stereocenters. The Morgan fingerprint density at radius 1 is 1.02 bits per heavy atom.